The quantitative estimate of drug-likeness (QED) is 0.385. The fourth-order valence-electron chi connectivity index (χ4n) is 2.16. The van der Waals surface area contributed by atoms with E-state index in [9.17, 15) is 14.4 Å². The zero-order chi connectivity index (χ0) is 22.5. The van der Waals surface area contributed by atoms with E-state index in [0.717, 1.165) is 0 Å². The Morgan fingerprint density at radius 1 is 0.600 bits per heavy atom. The molecule has 0 aliphatic rings. The lowest BCUT2D eigenvalue weighted by atomic mass is 10.00. The van der Waals surface area contributed by atoms with Gasteiger partial charge >= 0.3 is 11.9 Å². The van der Waals surface area contributed by atoms with Gasteiger partial charge in [-0.25, -0.2) is 9.59 Å². The van der Waals surface area contributed by atoms with Crippen LogP contribution in [0.25, 0.3) is 0 Å². The van der Waals surface area contributed by atoms with Gasteiger partial charge in [0.25, 0.3) is 0 Å². The summed E-state index contributed by atoms with van der Waals surface area (Å²) in [4.78, 5) is 56.9. The van der Waals surface area contributed by atoms with Crippen molar-refractivity contribution in [2.24, 2.45) is 0 Å². The van der Waals surface area contributed by atoms with Crippen LogP contribution in [0.2, 0.25) is 0 Å². The van der Waals surface area contributed by atoms with Crippen molar-refractivity contribution in [1.29, 1.82) is 0 Å². The van der Waals surface area contributed by atoms with Crippen LogP contribution in [0.5, 0.6) is 0 Å². The van der Waals surface area contributed by atoms with Gasteiger partial charge in [0.05, 0.1) is 11.1 Å². The molecule has 30 heavy (non-hydrogen) atoms. The molecule has 0 aliphatic carbocycles. The second-order valence-corrected chi connectivity index (χ2v) is 8.62. The smallest absolute Gasteiger partial charge is 0.292 e. The van der Waals surface area contributed by atoms with Crippen molar-refractivity contribution >= 4 is 17.7 Å². The Balaban J connectivity index is 2.17. The number of benzene rings is 2. The number of rotatable bonds is 6. The van der Waals surface area contributed by atoms with Crippen molar-refractivity contribution in [2.45, 2.75) is 52.7 Å². The van der Waals surface area contributed by atoms with Crippen LogP contribution in [-0.4, -0.2) is 28.9 Å². The van der Waals surface area contributed by atoms with Gasteiger partial charge in [-0.3, -0.25) is 14.6 Å². The summed E-state index contributed by atoms with van der Waals surface area (Å²) < 4.78 is 0. The Labute approximate surface area is 175 Å². The molecule has 0 N–H and O–H groups in total. The van der Waals surface area contributed by atoms with Gasteiger partial charge in [0.15, 0.2) is 5.78 Å². The van der Waals surface area contributed by atoms with Gasteiger partial charge in [-0.05, 0) is 65.8 Å². The molecule has 7 nitrogen and oxygen atoms in total. The van der Waals surface area contributed by atoms with E-state index in [0.29, 0.717) is 0 Å². The predicted molar refractivity (Wildman–Crippen MR) is 109 cm³/mol. The molecule has 160 valence electrons. The maximum atomic E-state index is 12.9. The maximum Gasteiger partial charge on any atom is 0.373 e. The van der Waals surface area contributed by atoms with Crippen molar-refractivity contribution in [3.8, 4) is 0 Å². The average Bonchev–Trinajstić information content (AvgIpc) is 2.68. The number of hydrogen-bond acceptors (Lipinski definition) is 7. The SMILES string of the molecule is CC(C)(C)OOC(=O)c1cccc(C(=O)c2cccc(C(=O)OOC(C)(C)C)c2)c1. The lowest BCUT2D eigenvalue weighted by Gasteiger charge is -2.16. The zero-order valence-electron chi connectivity index (χ0n) is 18.0. The van der Waals surface area contributed by atoms with E-state index in [-0.39, 0.29) is 28.0 Å². The Hall–Kier alpha value is -3.03. The van der Waals surface area contributed by atoms with E-state index in [4.69, 9.17) is 19.6 Å². The Morgan fingerprint density at radius 3 is 1.27 bits per heavy atom. The van der Waals surface area contributed by atoms with E-state index in [2.05, 4.69) is 0 Å². The van der Waals surface area contributed by atoms with Gasteiger partial charge in [-0.1, -0.05) is 24.3 Å². The maximum absolute atomic E-state index is 12.9. The minimum absolute atomic E-state index is 0.166. The van der Waals surface area contributed by atoms with Crippen LogP contribution in [-0.2, 0) is 19.6 Å². The summed E-state index contributed by atoms with van der Waals surface area (Å²) in [5, 5.41) is 0. The normalized spacial score (nSPS) is 11.7. The highest BCUT2D eigenvalue weighted by atomic mass is 17.2. The van der Waals surface area contributed by atoms with Gasteiger partial charge in [0.2, 0.25) is 0 Å². The van der Waals surface area contributed by atoms with Gasteiger partial charge in [0.1, 0.15) is 11.2 Å². The van der Waals surface area contributed by atoms with Crippen LogP contribution in [0.3, 0.4) is 0 Å². The highest BCUT2D eigenvalue weighted by Gasteiger charge is 2.20. The summed E-state index contributed by atoms with van der Waals surface area (Å²) in [6, 6.07) is 12.1. The Bertz CT molecular complexity index is 858. The van der Waals surface area contributed by atoms with E-state index < -0.39 is 23.1 Å². The third-order valence-electron chi connectivity index (χ3n) is 3.46. The van der Waals surface area contributed by atoms with Crippen LogP contribution in [0.1, 0.15) is 78.2 Å². The Kier molecular flexibility index (Phi) is 7.12. The van der Waals surface area contributed by atoms with Crippen molar-refractivity contribution in [3.05, 3.63) is 70.8 Å². The van der Waals surface area contributed by atoms with Gasteiger partial charge in [-0.2, -0.15) is 9.78 Å². The standard InChI is InChI=1S/C23H26O7/c1-22(2,3)29-27-20(25)17-11-7-9-15(13-17)19(24)16-10-8-12-18(14-16)21(26)28-30-23(4,5)6/h7-14H,1-6H3. The second-order valence-electron chi connectivity index (χ2n) is 8.62. The van der Waals surface area contributed by atoms with Crippen molar-refractivity contribution < 1.29 is 33.9 Å². The highest BCUT2D eigenvalue weighted by Crippen LogP contribution is 2.17. The molecule has 0 saturated heterocycles. The van der Waals surface area contributed by atoms with E-state index in [1.54, 1.807) is 65.8 Å². The molecule has 0 fully saturated rings. The first kappa shape index (κ1) is 23.3. The van der Waals surface area contributed by atoms with E-state index in [1.165, 1.54) is 24.3 Å². The molecule has 0 aliphatic heterocycles. The summed E-state index contributed by atoms with van der Waals surface area (Å²) in [6.45, 7) is 10.4. The molecule has 0 unspecified atom stereocenters. The van der Waals surface area contributed by atoms with Crippen molar-refractivity contribution in [2.75, 3.05) is 0 Å². The molecule has 2 aromatic rings. The second kappa shape index (κ2) is 9.19. The van der Waals surface area contributed by atoms with Crippen molar-refractivity contribution in [1.82, 2.24) is 0 Å². The monoisotopic (exact) mass is 414 g/mol. The van der Waals surface area contributed by atoms with Crippen LogP contribution >= 0.6 is 0 Å². The van der Waals surface area contributed by atoms with E-state index in [1.807, 2.05) is 0 Å². The molecular formula is C23H26O7. The molecule has 0 heterocycles. The number of hydrogen-bond donors (Lipinski definition) is 0. The van der Waals surface area contributed by atoms with Crippen LogP contribution < -0.4 is 0 Å². The fourth-order valence-corrected chi connectivity index (χ4v) is 2.16. The third-order valence-corrected chi connectivity index (χ3v) is 3.46. The number of carbonyl (C=O) groups is 3. The van der Waals surface area contributed by atoms with Gasteiger partial charge in [-0.15, -0.1) is 0 Å². The molecule has 0 atom stereocenters. The first-order valence-corrected chi connectivity index (χ1v) is 9.40. The summed E-state index contributed by atoms with van der Waals surface area (Å²) >= 11 is 0. The molecule has 0 saturated carbocycles. The van der Waals surface area contributed by atoms with Crippen LogP contribution in [0, 0.1) is 0 Å². The molecule has 7 heteroatoms. The molecule has 2 rings (SSSR count). The lowest BCUT2D eigenvalue weighted by Crippen LogP contribution is -2.22. The fraction of sp³-hybridized carbons (Fsp3) is 0.348. The minimum Gasteiger partial charge on any atom is -0.292 e. The van der Waals surface area contributed by atoms with Gasteiger partial charge in [0, 0.05) is 11.1 Å². The molecular weight excluding hydrogens is 388 g/mol. The van der Waals surface area contributed by atoms with Crippen LogP contribution in [0.4, 0.5) is 0 Å². The topological polar surface area (TPSA) is 88.1 Å². The number of ketones is 1. The molecule has 0 bridgehead atoms. The summed E-state index contributed by atoms with van der Waals surface area (Å²) in [6.07, 6.45) is 0. The first-order valence-electron chi connectivity index (χ1n) is 9.40. The predicted octanol–water partition coefficient (Wildman–Crippen LogP) is 4.69. The third kappa shape index (κ3) is 7.09. The van der Waals surface area contributed by atoms with Crippen molar-refractivity contribution in [3.63, 3.8) is 0 Å². The summed E-state index contributed by atoms with van der Waals surface area (Å²) in [5.41, 5.74) is -0.462. The minimum atomic E-state index is -0.712. The highest BCUT2D eigenvalue weighted by molar-refractivity contribution is 6.10. The first-order chi connectivity index (χ1) is 13.9. The zero-order valence-corrected chi connectivity index (χ0v) is 18.0. The molecule has 0 radical (unpaired) electrons. The molecule has 0 amide bonds. The molecule has 0 aromatic heterocycles. The molecule has 2 aromatic carbocycles. The largest absolute Gasteiger partial charge is 0.373 e. The summed E-state index contributed by atoms with van der Waals surface area (Å²) in [7, 11) is 0. The van der Waals surface area contributed by atoms with E-state index >= 15 is 0 Å². The van der Waals surface area contributed by atoms with Gasteiger partial charge < -0.3 is 0 Å². The lowest BCUT2D eigenvalue weighted by molar-refractivity contribution is -0.301. The molecule has 0 spiro atoms. The summed E-state index contributed by atoms with van der Waals surface area (Å²) in [5.74, 6) is -1.79. The number of carbonyl (C=O) groups excluding carboxylic acids is 3. The Morgan fingerprint density at radius 2 is 0.933 bits per heavy atom. The average molecular weight is 414 g/mol. The van der Waals surface area contributed by atoms with Crippen LogP contribution in [0.15, 0.2) is 48.5 Å².